The summed E-state index contributed by atoms with van der Waals surface area (Å²) in [6.07, 6.45) is 4.28. The molecule has 4 fully saturated rings. The number of alkyl halides is 4. The van der Waals surface area contributed by atoms with Crippen LogP contribution >= 0.6 is 34.2 Å². The summed E-state index contributed by atoms with van der Waals surface area (Å²) in [6, 6.07) is 2.53. The van der Waals surface area contributed by atoms with E-state index < -0.39 is 40.2 Å². The van der Waals surface area contributed by atoms with E-state index in [2.05, 4.69) is 20.1 Å². The van der Waals surface area contributed by atoms with Crippen LogP contribution in [0, 0.1) is 34.1 Å². The van der Waals surface area contributed by atoms with Gasteiger partial charge in [-0.25, -0.2) is 13.2 Å². The minimum absolute atomic E-state index is 0.110. The molecule has 4 aromatic rings. The molecule has 2 aromatic heterocycles. The van der Waals surface area contributed by atoms with E-state index in [0.717, 1.165) is 44.7 Å². The van der Waals surface area contributed by atoms with Crippen LogP contribution in [0.2, 0.25) is 0 Å². The molecule has 2 aromatic carbocycles. The van der Waals surface area contributed by atoms with Gasteiger partial charge >= 0.3 is 11.6 Å². The third kappa shape index (κ3) is 5.45. The van der Waals surface area contributed by atoms with E-state index in [-0.39, 0.29) is 43.7 Å². The molecule has 4 atom stereocenters. The first-order valence-corrected chi connectivity index (χ1v) is 17.2. The van der Waals surface area contributed by atoms with Gasteiger partial charge in [0.25, 0.3) is 0 Å². The van der Waals surface area contributed by atoms with Gasteiger partial charge in [-0.2, -0.15) is 15.1 Å². The highest BCUT2D eigenvalue weighted by Gasteiger charge is 2.49. The van der Waals surface area contributed by atoms with Gasteiger partial charge in [0, 0.05) is 54.0 Å². The molecule has 0 radical (unpaired) electrons. The second kappa shape index (κ2) is 11.4. The van der Waals surface area contributed by atoms with Crippen molar-refractivity contribution in [2.75, 3.05) is 37.7 Å². The molecule has 8 rings (SSSR count). The van der Waals surface area contributed by atoms with Crippen molar-refractivity contribution in [2.24, 2.45) is 11.8 Å². The highest BCUT2D eigenvalue weighted by Crippen LogP contribution is 2.48. The zero-order valence-electron chi connectivity index (χ0n) is 25.4. The molecule has 47 heavy (non-hydrogen) atoms. The van der Waals surface area contributed by atoms with Gasteiger partial charge in [-0.3, -0.25) is 10.00 Å². The zero-order valence-corrected chi connectivity index (χ0v) is 28.3. The van der Waals surface area contributed by atoms with E-state index in [0.29, 0.717) is 49.2 Å². The zero-order chi connectivity index (χ0) is 32.8. The van der Waals surface area contributed by atoms with E-state index >= 15 is 8.78 Å². The predicted molar refractivity (Wildman–Crippen MR) is 175 cm³/mol. The van der Waals surface area contributed by atoms with Gasteiger partial charge in [0.2, 0.25) is 0 Å². The van der Waals surface area contributed by atoms with Crippen molar-refractivity contribution in [1.82, 2.24) is 25.1 Å². The molecule has 3 aliphatic heterocycles. The first-order chi connectivity index (χ1) is 22.4. The molecule has 2 unspecified atom stereocenters. The number of H-pyrrole nitrogens is 1. The summed E-state index contributed by atoms with van der Waals surface area (Å²) < 4.78 is 87.6. The lowest BCUT2D eigenvalue weighted by Crippen LogP contribution is -2.43. The van der Waals surface area contributed by atoms with E-state index in [4.69, 9.17) is 26.1 Å². The smallest absolute Gasteiger partial charge is 0.461 e. The molecule has 3 saturated heterocycles. The van der Waals surface area contributed by atoms with Crippen molar-refractivity contribution in [1.29, 1.82) is 0 Å². The Hall–Kier alpha value is -2.72. The number of rotatable bonds is 7. The number of ether oxygens (including phenoxy) is 2. The number of aromatic nitrogens is 4. The van der Waals surface area contributed by atoms with Crippen molar-refractivity contribution in [3.05, 3.63) is 33.0 Å². The lowest BCUT2D eigenvalue weighted by molar-refractivity contribution is -0.0964. The van der Waals surface area contributed by atoms with Gasteiger partial charge < -0.3 is 14.4 Å². The Morgan fingerprint density at radius 3 is 2.64 bits per heavy atom. The van der Waals surface area contributed by atoms with Gasteiger partial charge in [-0.05, 0) is 97.7 Å². The second-order valence-electron chi connectivity index (χ2n) is 13.5. The Morgan fingerprint density at radius 2 is 1.89 bits per heavy atom. The predicted octanol–water partition coefficient (Wildman–Crippen LogP) is 7.72. The summed E-state index contributed by atoms with van der Waals surface area (Å²) in [5.74, 6) is -1.38. The van der Waals surface area contributed by atoms with Gasteiger partial charge in [-0.1, -0.05) is 0 Å². The first-order valence-electron chi connectivity index (χ1n) is 15.8. The van der Waals surface area contributed by atoms with E-state index in [1.807, 2.05) is 27.5 Å². The fraction of sp³-hybridized carbons (Fsp3) is 0.531. The van der Waals surface area contributed by atoms with Crippen LogP contribution in [0.3, 0.4) is 0 Å². The normalized spacial score (nSPS) is 26.1. The lowest BCUT2D eigenvalue weighted by atomic mass is 9.95. The maximum atomic E-state index is 17.1. The van der Waals surface area contributed by atoms with Crippen LogP contribution in [0.25, 0.3) is 32.9 Å². The summed E-state index contributed by atoms with van der Waals surface area (Å²) in [5.41, 5.74) is -5.26. The SMILES string of the molecule is Cc1cc2[nH]nc(I)c2c(-c2c(F)cc3c(N4CC5CCC(C5)C4)nc(OC[C@@]45CCCN4C[C@H](F)C5)nc3c2F)c1OC(F)(F)Cl. The molecule has 1 aliphatic carbocycles. The van der Waals surface area contributed by atoms with Crippen LogP contribution < -0.4 is 14.4 Å². The summed E-state index contributed by atoms with van der Waals surface area (Å²) in [5, 5.41) is 7.25. The number of nitrogens with one attached hydrogen (secondary N) is 1. The number of nitrogens with zero attached hydrogens (tertiary/aromatic N) is 5. The molecule has 15 heteroatoms. The summed E-state index contributed by atoms with van der Waals surface area (Å²) >= 11 is 7.05. The largest absolute Gasteiger partial charge is 0.487 e. The average Bonchev–Trinajstić information content (AvgIpc) is 3.74. The number of fused-ring (bicyclic) bond motifs is 5. The molecule has 0 amide bonds. The quantitative estimate of drug-likeness (QED) is 0.117. The topological polar surface area (TPSA) is 79.4 Å². The minimum Gasteiger partial charge on any atom is -0.461 e. The summed E-state index contributed by atoms with van der Waals surface area (Å²) in [6.45, 7) is 4.04. The van der Waals surface area contributed by atoms with Crippen LogP contribution in [-0.4, -0.2) is 75.1 Å². The minimum atomic E-state index is -4.16. The Kier molecular flexibility index (Phi) is 7.67. The van der Waals surface area contributed by atoms with E-state index in [1.165, 1.54) is 13.0 Å². The number of aryl methyl sites for hydroxylation is 1. The van der Waals surface area contributed by atoms with Crippen molar-refractivity contribution in [3.8, 4) is 22.9 Å². The molecule has 8 nitrogen and oxygen atoms in total. The number of halogens is 7. The Balaban J connectivity index is 1.31. The molecular formula is C32H31ClF5IN6O2. The maximum absolute atomic E-state index is 17.1. The lowest BCUT2D eigenvalue weighted by Gasteiger charge is -2.34. The number of aromatic amines is 1. The average molecular weight is 789 g/mol. The van der Waals surface area contributed by atoms with Crippen molar-refractivity contribution >= 4 is 61.8 Å². The monoisotopic (exact) mass is 788 g/mol. The van der Waals surface area contributed by atoms with Gasteiger partial charge in [0.15, 0.2) is 5.82 Å². The molecule has 1 saturated carbocycles. The fourth-order valence-electron chi connectivity index (χ4n) is 8.48. The van der Waals surface area contributed by atoms with Crippen LogP contribution in [0.15, 0.2) is 12.1 Å². The number of hydrogen-bond donors (Lipinski definition) is 1. The summed E-state index contributed by atoms with van der Waals surface area (Å²) in [7, 11) is 0. The molecule has 0 spiro atoms. The highest BCUT2D eigenvalue weighted by atomic mass is 127. The van der Waals surface area contributed by atoms with Crippen LogP contribution in [0.5, 0.6) is 11.8 Å². The summed E-state index contributed by atoms with van der Waals surface area (Å²) in [4.78, 5) is 13.3. The number of piperidine rings is 1. The first kappa shape index (κ1) is 31.5. The number of benzene rings is 2. The standard InChI is InChI=1S/C32H31ClF5IN6O2/c1-15-7-21-23(28(39)43-42-21)24(27(15)47-32(33,37)38)22-20(35)9-19-26(25(22)36)40-30(41-29(19)44-11-16-3-4-17(8-16)12-44)46-14-31-5-2-6-45(31)13-18(34)10-31/h7,9,16-18H,2-6,8,10-14H2,1H3,(H,42,43)/t16?,17?,18-,31+/m1/s1. The van der Waals surface area contributed by atoms with Crippen molar-refractivity contribution < 1.29 is 31.4 Å². The van der Waals surface area contributed by atoms with Crippen LogP contribution in [-0.2, 0) is 0 Å². The molecule has 5 heterocycles. The third-order valence-corrected chi connectivity index (χ3v) is 11.3. The van der Waals surface area contributed by atoms with Gasteiger partial charge in [0.1, 0.15) is 39.4 Å². The van der Waals surface area contributed by atoms with Crippen molar-refractivity contribution in [3.63, 3.8) is 0 Å². The van der Waals surface area contributed by atoms with E-state index in [1.54, 1.807) is 0 Å². The second-order valence-corrected chi connectivity index (χ2v) is 14.9. The van der Waals surface area contributed by atoms with Gasteiger partial charge in [0.05, 0.1) is 16.6 Å². The molecule has 2 bridgehead atoms. The molecule has 4 aliphatic rings. The molecule has 1 N–H and O–H groups in total. The van der Waals surface area contributed by atoms with Gasteiger partial charge in [-0.15, -0.1) is 8.78 Å². The van der Waals surface area contributed by atoms with Crippen LogP contribution in [0.4, 0.5) is 27.8 Å². The maximum Gasteiger partial charge on any atom is 0.487 e. The number of hydrogen-bond acceptors (Lipinski definition) is 7. The Labute approximate surface area is 285 Å². The fourth-order valence-corrected chi connectivity index (χ4v) is 9.23. The molecule has 250 valence electrons. The highest BCUT2D eigenvalue weighted by molar-refractivity contribution is 14.1. The Bertz CT molecular complexity index is 1900. The Morgan fingerprint density at radius 1 is 1.13 bits per heavy atom. The molecular weight excluding hydrogens is 758 g/mol. The van der Waals surface area contributed by atoms with E-state index in [9.17, 15) is 13.2 Å². The van der Waals surface area contributed by atoms with Crippen molar-refractivity contribution in [2.45, 2.75) is 62.7 Å². The third-order valence-electron chi connectivity index (χ3n) is 10.4. The van der Waals surface area contributed by atoms with Crippen LogP contribution in [0.1, 0.15) is 44.1 Å². The number of anilines is 1.